The van der Waals surface area contributed by atoms with Gasteiger partial charge >= 0.3 is 5.97 Å². The Morgan fingerprint density at radius 3 is 2.75 bits per heavy atom. The molecule has 0 aliphatic carbocycles. The Bertz CT molecular complexity index is 536. The van der Waals surface area contributed by atoms with Gasteiger partial charge < -0.3 is 5.11 Å². The van der Waals surface area contributed by atoms with Crippen molar-refractivity contribution >= 4 is 27.5 Å². The molecule has 0 amide bonds. The third kappa shape index (κ3) is 3.98. The highest BCUT2D eigenvalue weighted by molar-refractivity contribution is 7.87. The van der Waals surface area contributed by atoms with E-state index in [2.05, 4.69) is 9.71 Å². The average Bonchev–Trinajstić information content (AvgIpc) is 2.92. The van der Waals surface area contributed by atoms with Crippen LogP contribution in [0.3, 0.4) is 0 Å². The minimum Gasteiger partial charge on any atom is -0.481 e. The summed E-state index contributed by atoms with van der Waals surface area (Å²) in [6.45, 7) is 0.803. The van der Waals surface area contributed by atoms with E-state index in [-0.39, 0.29) is 13.1 Å². The van der Waals surface area contributed by atoms with E-state index < -0.39 is 22.1 Å². The van der Waals surface area contributed by atoms with Crippen molar-refractivity contribution in [1.29, 1.82) is 0 Å². The summed E-state index contributed by atoms with van der Waals surface area (Å²) in [5.74, 6) is -1.28. The number of nitrogens with one attached hydrogen (secondary N) is 1. The number of rotatable bonds is 6. The van der Waals surface area contributed by atoms with Crippen LogP contribution >= 0.6 is 11.3 Å². The smallest absolute Gasteiger partial charge is 0.306 e. The summed E-state index contributed by atoms with van der Waals surface area (Å²) >= 11 is 1.47. The summed E-state index contributed by atoms with van der Waals surface area (Å²) in [5, 5.41) is 10.8. The lowest BCUT2D eigenvalue weighted by Crippen LogP contribution is -2.46. The molecule has 1 aliphatic heterocycles. The van der Waals surface area contributed by atoms with Crippen LogP contribution in [0, 0.1) is 5.92 Å². The maximum Gasteiger partial charge on any atom is 0.306 e. The number of thiazole rings is 1. The van der Waals surface area contributed by atoms with Crippen LogP contribution in [-0.2, 0) is 21.4 Å². The van der Waals surface area contributed by atoms with Crippen LogP contribution in [0.1, 0.15) is 18.5 Å². The van der Waals surface area contributed by atoms with E-state index in [1.165, 1.54) is 15.6 Å². The van der Waals surface area contributed by atoms with E-state index in [4.69, 9.17) is 5.11 Å². The van der Waals surface area contributed by atoms with Gasteiger partial charge in [0.05, 0.1) is 17.1 Å². The first-order valence-corrected chi connectivity index (χ1v) is 8.72. The lowest BCUT2D eigenvalue weighted by molar-refractivity contribution is -0.142. The molecule has 1 fully saturated rings. The molecular formula is C11H17N3O4S2. The highest BCUT2D eigenvalue weighted by Crippen LogP contribution is 2.19. The highest BCUT2D eigenvalue weighted by atomic mass is 32.2. The van der Waals surface area contributed by atoms with Crippen molar-refractivity contribution in [3.8, 4) is 0 Å². The van der Waals surface area contributed by atoms with Crippen LogP contribution in [0.2, 0.25) is 0 Å². The maximum absolute atomic E-state index is 12.0. The molecule has 0 saturated carbocycles. The molecule has 0 unspecified atom stereocenters. The first kappa shape index (κ1) is 15.4. The summed E-state index contributed by atoms with van der Waals surface area (Å²) in [7, 11) is -3.52. The van der Waals surface area contributed by atoms with E-state index in [1.807, 2.05) is 5.38 Å². The third-order valence-corrected chi connectivity index (χ3v) is 5.54. The van der Waals surface area contributed by atoms with Crippen molar-refractivity contribution in [2.45, 2.75) is 19.3 Å². The van der Waals surface area contributed by atoms with Gasteiger partial charge in [0.1, 0.15) is 0 Å². The Hall–Kier alpha value is -1.03. The zero-order chi connectivity index (χ0) is 14.6. The van der Waals surface area contributed by atoms with Gasteiger partial charge in [-0.15, -0.1) is 11.3 Å². The van der Waals surface area contributed by atoms with Crippen LogP contribution in [0.15, 0.2) is 10.9 Å². The second-order valence-corrected chi connectivity index (χ2v) is 7.11. The molecule has 0 radical (unpaired) electrons. The number of carboxylic acids is 1. The average molecular weight is 319 g/mol. The zero-order valence-electron chi connectivity index (χ0n) is 10.9. The van der Waals surface area contributed by atoms with Gasteiger partial charge in [-0.1, -0.05) is 0 Å². The second-order valence-electron chi connectivity index (χ2n) is 4.64. The topological polar surface area (TPSA) is 99.6 Å². The normalized spacial score (nSPS) is 18.2. The van der Waals surface area contributed by atoms with Crippen molar-refractivity contribution in [2.24, 2.45) is 5.92 Å². The molecule has 9 heteroatoms. The predicted molar refractivity (Wildman–Crippen MR) is 74.7 cm³/mol. The molecule has 0 atom stereocenters. The van der Waals surface area contributed by atoms with Gasteiger partial charge in [0.15, 0.2) is 0 Å². The van der Waals surface area contributed by atoms with Gasteiger partial charge in [0.25, 0.3) is 10.2 Å². The first-order chi connectivity index (χ1) is 9.49. The van der Waals surface area contributed by atoms with E-state index in [0.717, 1.165) is 5.69 Å². The second kappa shape index (κ2) is 6.61. The van der Waals surface area contributed by atoms with E-state index >= 15 is 0 Å². The van der Waals surface area contributed by atoms with Crippen molar-refractivity contribution in [3.05, 3.63) is 16.6 Å². The molecule has 2 heterocycles. The van der Waals surface area contributed by atoms with Crippen LogP contribution < -0.4 is 4.72 Å². The molecule has 2 rings (SSSR count). The Balaban J connectivity index is 1.80. The zero-order valence-corrected chi connectivity index (χ0v) is 12.5. The van der Waals surface area contributed by atoms with Gasteiger partial charge in [-0.05, 0) is 12.8 Å². The van der Waals surface area contributed by atoms with E-state index in [1.54, 1.807) is 5.51 Å². The fraction of sp³-hybridized carbons (Fsp3) is 0.636. The molecule has 0 aromatic carbocycles. The number of piperidine rings is 1. The quantitative estimate of drug-likeness (QED) is 0.786. The predicted octanol–water partition coefficient (Wildman–Crippen LogP) is 0.317. The summed E-state index contributed by atoms with van der Waals surface area (Å²) in [6, 6.07) is 0. The lowest BCUT2D eigenvalue weighted by atomic mass is 9.99. The number of aromatic nitrogens is 1. The van der Waals surface area contributed by atoms with Crippen molar-refractivity contribution in [1.82, 2.24) is 14.0 Å². The van der Waals surface area contributed by atoms with Gasteiger partial charge in [-0.3, -0.25) is 4.79 Å². The van der Waals surface area contributed by atoms with Crippen LogP contribution in [0.5, 0.6) is 0 Å². The van der Waals surface area contributed by atoms with Crippen molar-refractivity contribution in [2.75, 3.05) is 19.6 Å². The molecule has 1 aromatic heterocycles. The molecule has 0 bridgehead atoms. The standard InChI is InChI=1S/C11H17N3O4S2/c15-11(16)9-2-5-14(6-3-9)20(17,18)13-4-1-10-7-19-8-12-10/h7-9,13H,1-6H2,(H,15,16). The van der Waals surface area contributed by atoms with Gasteiger partial charge in [0, 0.05) is 31.4 Å². The first-order valence-electron chi connectivity index (χ1n) is 6.33. The van der Waals surface area contributed by atoms with Crippen LogP contribution in [-0.4, -0.2) is 48.4 Å². The summed E-state index contributed by atoms with van der Waals surface area (Å²) < 4.78 is 27.9. The summed E-state index contributed by atoms with van der Waals surface area (Å²) in [6.07, 6.45) is 1.28. The van der Waals surface area contributed by atoms with Gasteiger partial charge in [-0.25, -0.2) is 9.71 Å². The molecule has 1 saturated heterocycles. The minimum atomic E-state index is -3.52. The molecule has 1 aromatic rings. The van der Waals surface area contributed by atoms with Crippen LogP contribution in [0.4, 0.5) is 0 Å². The molecule has 1 aliphatic rings. The minimum absolute atomic E-state index is 0.253. The highest BCUT2D eigenvalue weighted by Gasteiger charge is 2.30. The Kier molecular flexibility index (Phi) is 5.08. The molecular weight excluding hydrogens is 302 g/mol. The van der Waals surface area contributed by atoms with Gasteiger partial charge in [0.2, 0.25) is 0 Å². The van der Waals surface area contributed by atoms with Crippen LogP contribution in [0.25, 0.3) is 0 Å². The van der Waals surface area contributed by atoms with Crippen molar-refractivity contribution < 1.29 is 18.3 Å². The Morgan fingerprint density at radius 2 is 2.20 bits per heavy atom. The molecule has 20 heavy (non-hydrogen) atoms. The maximum atomic E-state index is 12.0. The van der Waals surface area contributed by atoms with E-state index in [0.29, 0.717) is 25.8 Å². The van der Waals surface area contributed by atoms with E-state index in [9.17, 15) is 13.2 Å². The molecule has 112 valence electrons. The number of aliphatic carboxylic acids is 1. The fourth-order valence-electron chi connectivity index (χ4n) is 2.10. The van der Waals surface area contributed by atoms with Crippen molar-refractivity contribution in [3.63, 3.8) is 0 Å². The molecule has 2 N–H and O–H groups in total. The number of carboxylic acid groups (broad SMARTS) is 1. The Labute approximate surface area is 121 Å². The summed E-state index contributed by atoms with van der Waals surface area (Å²) in [4.78, 5) is 14.9. The van der Waals surface area contributed by atoms with Gasteiger partial charge in [-0.2, -0.15) is 12.7 Å². The molecule has 7 nitrogen and oxygen atoms in total. The fourth-order valence-corrected chi connectivity index (χ4v) is 3.93. The SMILES string of the molecule is O=C(O)C1CCN(S(=O)(=O)NCCc2cscn2)CC1. The summed E-state index contributed by atoms with van der Waals surface area (Å²) in [5.41, 5.74) is 2.57. The number of nitrogens with zero attached hydrogens (tertiary/aromatic N) is 2. The third-order valence-electron chi connectivity index (χ3n) is 3.29. The number of hydrogen-bond donors (Lipinski definition) is 2. The number of carbonyl (C=O) groups is 1. The lowest BCUT2D eigenvalue weighted by Gasteiger charge is -2.29. The Morgan fingerprint density at radius 1 is 1.50 bits per heavy atom. The monoisotopic (exact) mass is 319 g/mol. The largest absolute Gasteiger partial charge is 0.481 e. The number of hydrogen-bond acceptors (Lipinski definition) is 5. The molecule has 0 spiro atoms.